The van der Waals surface area contributed by atoms with Crippen LogP contribution in [0.3, 0.4) is 0 Å². The van der Waals surface area contributed by atoms with Gasteiger partial charge < -0.3 is 19.8 Å². The first-order valence-corrected chi connectivity index (χ1v) is 34.7. The van der Waals surface area contributed by atoms with E-state index in [9.17, 15) is 19.8 Å². The van der Waals surface area contributed by atoms with Gasteiger partial charge in [-0.15, -0.1) is 0 Å². The summed E-state index contributed by atoms with van der Waals surface area (Å²) >= 11 is 0. The molecule has 5 aliphatic heterocycles. The van der Waals surface area contributed by atoms with Crippen molar-refractivity contribution in [1.82, 2.24) is 14.5 Å². The standard InChI is InChI=1S/C74H100N10O4/c1-5-9-13-17-21-25-29-33-37-53-41-43-55(39-35-31-27-23-19-15-11-7-3)65-63(53)71-77-67-57-45-47-83(51-61(85)86)49-59(57)70(75-67)80-74-66-56(40-36-32-28-24-20-16-12-8-4)44-42-54(38-34-30-26-22-18-14-10-6-2)64(66)72(82-74)78-68-58-46-48-84(52-62(87)88)50-60(58)69(76-68)79-73(65)81-71/h41-50H,5-40,51-52H2,1-4H3,(H2-,75,76,77,78,79,80,81,82,85,86,87,88)/p+1. The zero-order valence-corrected chi connectivity index (χ0v) is 53.9. The van der Waals surface area contributed by atoms with Crippen molar-refractivity contribution in [2.24, 2.45) is 30.0 Å². The number of hydrogen-bond donors (Lipinski definition) is 3. The second-order valence-electron chi connectivity index (χ2n) is 25.4. The molecule has 14 heteroatoms. The van der Waals surface area contributed by atoms with E-state index in [-0.39, 0.29) is 13.1 Å². The van der Waals surface area contributed by atoms with Gasteiger partial charge in [0, 0.05) is 57.0 Å². The van der Waals surface area contributed by atoms with Gasteiger partial charge >= 0.3 is 11.9 Å². The molecule has 8 bridgehead atoms. The molecule has 0 aliphatic carbocycles. The maximum absolute atomic E-state index is 12.3. The molecule has 88 heavy (non-hydrogen) atoms. The lowest BCUT2D eigenvalue weighted by Gasteiger charge is -2.14. The van der Waals surface area contributed by atoms with Crippen LogP contribution >= 0.6 is 0 Å². The number of benzene rings is 2. The summed E-state index contributed by atoms with van der Waals surface area (Å²) in [6.07, 6.45) is 49.5. The molecule has 0 amide bonds. The fourth-order valence-electron chi connectivity index (χ4n) is 13.4. The van der Waals surface area contributed by atoms with Crippen LogP contribution in [0.4, 0.5) is 11.6 Å². The number of rotatable bonds is 40. The van der Waals surface area contributed by atoms with Gasteiger partial charge in [0.15, 0.2) is 47.4 Å². The van der Waals surface area contributed by atoms with Crippen molar-refractivity contribution < 1.29 is 24.4 Å². The Morgan fingerprint density at radius 3 is 1.32 bits per heavy atom. The minimum Gasteiger partial charge on any atom is -0.480 e. The number of amidine groups is 4. The maximum atomic E-state index is 12.3. The lowest BCUT2D eigenvalue weighted by molar-refractivity contribution is -0.685. The molecule has 0 atom stereocenters. The van der Waals surface area contributed by atoms with Crippen molar-refractivity contribution in [3.63, 3.8) is 0 Å². The molecule has 7 heterocycles. The predicted molar refractivity (Wildman–Crippen MR) is 359 cm³/mol. The van der Waals surface area contributed by atoms with Gasteiger partial charge in [-0.2, -0.15) is 4.57 Å². The third-order valence-corrected chi connectivity index (χ3v) is 18.2. The zero-order chi connectivity index (χ0) is 61.5. The smallest absolute Gasteiger partial charge is 0.370 e. The van der Waals surface area contributed by atoms with E-state index in [2.05, 4.69) is 56.9 Å². The van der Waals surface area contributed by atoms with Gasteiger partial charge in [0.1, 0.15) is 17.5 Å². The molecule has 0 radical (unpaired) electrons. The average Bonchev–Trinajstić information content (AvgIpc) is 2.05. The Balaban J connectivity index is 1.24. The van der Waals surface area contributed by atoms with Crippen LogP contribution in [-0.4, -0.2) is 60.0 Å². The number of carboxylic acid groups (broad SMARTS) is 2. The van der Waals surface area contributed by atoms with E-state index in [1.54, 1.807) is 21.5 Å². The average molecular weight is 1190 g/mol. The lowest BCUT2D eigenvalue weighted by Crippen LogP contribution is -2.38. The van der Waals surface area contributed by atoms with Crippen molar-refractivity contribution in [3.05, 3.63) is 117 Å². The van der Waals surface area contributed by atoms with Crippen molar-refractivity contribution in [1.29, 1.82) is 0 Å². The van der Waals surface area contributed by atoms with E-state index in [1.807, 2.05) is 24.5 Å². The number of pyridine rings is 2. The minimum atomic E-state index is -0.948. The van der Waals surface area contributed by atoms with Crippen LogP contribution in [0.15, 0.2) is 91.1 Å². The molecule has 5 aliphatic rings. The van der Waals surface area contributed by atoms with E-state index >= 15 is 0 Å². The zero-order valence-electron chi connectivity index (χ0n) is 53.9. The largest absolute Gasteiger partial charge is 0.480 e. The van der Waals surface area contributed by atoms with E-state index in [4.69, 9.17) is 34.9 Å². The van der Waals surface area contributed by atoms with Gasteiger partial charge in [0.05, 0.1) is 5.56 Å². The van der Waals surface area contributed by atoms with Crippen LogP contribution in [0, 0.1) is 0 Å². The summed E-state index contributed by atoms with van der Waals surface area (Å²) in [7, 11) is 0. The van der Waals surface area contributed by atoms with Crippen LogP contribution in [-0.2, 0) is 48.4 Å². The molecule has 2 aromatic heterocycles. The number of unbranched alkanes of at least 4 members (excludes halogenated alkanes) is 28. The second kappa shape index (κ2) is 34.1. The summed E-state index contributed by atoms with van der Waals surface area (Å²) in [5, 5.41) is 22.2. The van der Waals surface area contributed by atoms with Gasteiger partial charge in [-0.3, -0.25) is 4.79 Å². The third-order valence-electron chi connectivity index (χ3n) is 18.2. The van der Waals surface area contributed by atoms with Crippen LogP contribution in [0.25, 0.3) is 21.9 Å². The van der Waals surface area contributed by atoms with Crippen molar-refractivity contribution in [3.8, 4) is 11.1 Å². The Bertz CT molecular complexity index is 3530. The number of aliphatic imine (C=N–C) groups is 4. The third kappa shape index (κ3) is 17.7. The van der Waals surface area contributed by atoms with Crippen LogP contribution in [0.5, 0.6) is 0 Å². The number of aliphatic carboxylic acids is 2. The van der Waals surface area contributed by atoms with Crippen molar-refractivity contribution >= 4 is 57.7 Å². The fraction of sp³-hybridized carbons (Fsp3) is 0.568. The molecule has 14 nitrogen and oxygen atoms in total. The molecule has 0 fully saturated rings. The van der Waals surface area contributed by atoms with Crippen LogP contribution in [0.2, 0.25) is 0 Å². The first-order chi connectivity index (χ1) is 43.2. The molecule has 9 rings (SSSR count). The summed E-state index contributed by atoms with van der Waals surface area (Å²) in [4.78, 5) is 66.8. The molecular formula is C74H101N10O4+. The molecule has 0 saturated heterocycles. The molecule has 0 saturated carbocycles. The quantitative estimate of drug-likeness (QED) is 0.0255. The topological polar surface area (TPSA) is 186 Å². The number of nitrogens with one attached hydrogen (secondary N) is 1. The van der Waals surface area contributed by atoms with E-state index in [0.717, 1.165) is 116 Å². The molecule has 2 aromatic carbocycles. The SMILES string of the molecule is CCCCCCCCCCc1ccc(CCCCCCCCCC)c2c1C1=NC2=Nc2nc(c3ccn(CC(=O)O)cc2-3)N=c2[nH]c(c3c(CCCCCCCCCC)ccc(CCCCCCCCCC)c23)=NC2=NC(=N1)c1cc[n+](CC(=O)O)cc12. The maximum Gasteiger partial charge on any atom is 0.370 e. The molecule has 3 N–H and O–H groups in total. The number of H-pyrrole nitrogens is 1. The number of fused-ring (bicyclic) bond motifs is 18. The Labute approximate surface area is 523 Å². The lowest BCUT2D eigenvalue weighted by atomic mass is 9.90. The van der Waals surface area contributed by atoms with E-state index in [0.29, 0.717) is 57.1 Å². The first-order valence-electron chi connectivity index (χ1n) is 34.7. The number of carboxylic acids is 2. The van der Waals surface area contributed by atoms with Gasteiger partial charge in [-0.25, -0.2) is 39.7 Å². The minimum absolute atomic E-state index is 0.227. The molecule has 470 valence electrons. The number of nitrogens with zero attached hydrogens (tertiary/aromatic N) is 9. The Hall–Kier alpha value is -6.96. The van der Waals surface area contributed by atoms with Gasteiger partial charge in [0.2, 0.25) is 6.54 Å². The van der Waals surface area contributed by atoms with E-state index in [1.165, 1.54) is 171 Å². The summed E-state index contributed by atoms with van der Waals surface area (Å²) in [6.45, 7) is 8.61. The number of hydrogen-bond acceptors (Lipinski definition) is 9. The Morgan fingerprint density at radius 2 is 0.830 bits per heavy atom. The summed E-state index contributed by atoms with van der Waals surface area (Å²) in [5.41, 5.74) is 10.8. The number of aromatic nitrogens is 4. The highest BCUT2D eigenvalue weighted by Gasteiger charge is 2.33. The molecule has 4 aromatic rings. The highest BCUT2D eigenvalue weighted by molar-refractivity contribution is 6.30. The van der Waals surface area contributed by atoms with Crippen molar-refractivity contribution in [2.45, 2.75) is 272 Å². The molecule has 0 spiro atoms. The monoisotopic (exact) mass is 1190 g/mol. The normalized spacial score (nSPS) is 13.3. The highest BCUT2D eigenvalue weighted by atomic mass is 16.4. The highest BCUT2D eigenvalue weighted by Crippen LogP contribution is 2.42. The van der Waals surface area contributed by atoms with Crippen LogP contribution < -0.4 is 15.5 Å². The van der Waals surface area contributed by atoms with Crippen molar-refractivity contribution in [2.75, 3.05) is 0 Å². The summed E-state index contributed by atoms with van der Waals surface area (Å²) in [6, 6.07) is 13.1. The Morgan fingerprint density at radius 1 is 0.420 bits per heavy atom. The number of carbonyl (C=O) groups is 2. The summed E-state index contributed by atoms with van der Waals surface area (Å²) in [5.74, 6) is 0.899. The first kappa shape index (κ1) is 65.5. The molecule has 0 unspecified atom stereocenters. The second-order valence-corrected chi connectivity index (χ2v) is 25.4. The van der Waals surface area contributed by atoms with Crippen LogP contribution in [0.1, 0.15) is 278 Å². The number of aryl methyl sites for hydroxylation is 4. The van der Waals surface area contributed by atoms with E-state index < -0.39 is 11.9 Å². The fourth-order valence-corrected chi connectivity index (χ4v) is 13.4. The predicted octanol–water partition coefficient (Wildman–Crippen LogP) is 17.3. The van der Waals surface area contributed by atoms with Gasteiger partial charge in [-0.1, -0.05) is 232 Å². The van der Waals surface area contributed by atoms with Gasteiger partial charge in [-0.05, 0) is 79.7 Å². The summed E-state index contributed by atoms with van der Waals surface area (Å²) < 4.78 is 3.35. The Kier molecular flexibility index (Phi) is 25.4. The molecular weight excluding hydrogens is 1090 g/mol. The number of aromatic amines is 1. The van der Waals surface area contributed by atoms with Gasteiger partial charge in [0.25, 0.3) is 0 Å².